The lowest BCUT2D eigenvalue weighted by Gasteiger charge is -1.84. The highest BCUT2D eigenvalue weighted by Crippen LogP contribution is 1.56. The van der Waals surface area contributed by atoms with Crippen molar-refractivity contribution in [3.05, 3.63) is 12.7 Å². The van der Waals surface area contributed by atoms with Gasteiger partial charge in [0, 0.05) is 14.0 Å². The number of methoxy groups -OCH3 is 1. The van der Waals surface area contributed by atoms with Crippen LogP contribution in [0.4, 0.5) is 0 Å². The molecule has 0 unspecified atom stereocenters. The molecule has 0 aromatic heterocycles. The highest BCUT2D eigenvalue weighted by atomic mass is 16.5. The summed E-state index contributed by atoms with van der Waals surface area (Å²) in [5.74, 6) is 0. The maximum absolute atomic E-state index is 7.94. The molecule has 0 heterocycles. The van der Waals surface area contributed by atoms with Gasteiger partial charge in [-0.05, 0) is 6.92 Å². The SMILES string of the molecule is C=CC.CC#N.COCCO. The summed E-state index contributed by atoms with van der Waals surface area (Å²) in [5, 5.41) is 15.3. The number of rotatable bonds is 2. The molecule has 66 valence electrons. The van der Waals surface area contributed by atoms with E-state index in [0.717, 1.165) is 0 Å². The van der Waals surface area contributed by atoms with Crippen LogP contribution >= 0.6 is 0 Å². The van der Waals surface area contributed by atoms with Crippen LogP contribution in [0.25, 0.3) is 0 Å². The molecular formula is C8H17NO2. The number of ether oxygens (including phenoxy) is 1. The molecule has 0 rings (SSSR count). The molecule has 0 aliphatic heterocycles. The first-order chi connectivity index (χ1) is 5.24. The van der Waals surface area contributed by atoms with E-state index in [-0.39, 0.29) is 6.61 Å². The number of aliphatic hydroxyl groups is 1. The normalized spacial score (nSPS) is 5.73. The molecule has 0 aromatic rings. The quantitative estimate of drug-likeness (QED) is 0.619. The minimum Gasteiger partial charge on any atom is -0.394 e. The topological polar surface area (TPSA) is 53.2 Å². The largest absolute Gasteiger partial charge is 0.394 e. The minimum absolute atomic E-state index is 0.122. The smallest absolute Gasteiger partial charge is 0.0693 e. The summed E-state index contributed by atoms with van der Waals surface area (Å²) >= 11 is 0. The van der Waals surface area contributed by atoms with Gasteiger partial charge in [0.2, 0.25) is 0 Å². The molecule has 0 fully saturated rings. The van der Waals surface area contributed by atoms with E-state index in [2.05, 4.69) is 11.3 Å². The molecule has 11 heavy (non-hydrogen) atoms. The zero-order valence-electron chi connectivity index (χ0n) is 7.50. The third kappa shape index (κ3) is 354. The van der Waals surface area contributed by atoms with Gasteiger partial charge in [0.05, 0.1) is 19.3 Å². The van der Waals surface area contributed by atoms with Crippen molar-refractivity contribution in [2.45, 2.75) is 13.8 Å². The zero-order valence-corrected chi connectivity index (χ0v) is 7.50. The molecule has 3 heteroatoms. The van der Waals surface area contributed by atoms with Crippen LogP contribution in [-0.4, -0.2) is 25.4 Å². The summed E-state index contributed by atoms with van der Waals surface area (Å²) in [5.41, 5.74) is 0. The van der Waals surface area contributed by atoms with Gasteiger partial charge in [-0.2, -0.15) is 5.26 Å². The van der Waals surface area contributed by atoms with Crippen LogP contribution in [0.5, 0.6) is 0 Å². The number of aliphatic hydroxyl groups excluding tert-OH is 1. The second-order valence-corrected chi connectivity index (χ2v) is 1.35. The molecule has 0 radical (unpaired) electrons. The van der Waals surface area contributed by atoms with Crippen molar-refractivity contribution in [1.29, 1.82) is 5.26 Å². The fraction of sp³-hybridized carbons (Fsp3) is 0.625. The Hall–Kier alpha value is -0.850. The Labute approximate surface area is 68.9 Å². The average molecular weight is 159 g/mol. The molecule has 0 atom stereocenters. The number of hydrogen-bond donors (Lipinski definition) is 1. The van der Waals surface area contributed by atoms with E-state index in [1.54, 1.807) is 19.3 Å². The summed E-state index contributed by atoms with van der Waals surface area (Å²) in [7, 11) is 1.55. The number of allylic oxidation sites excluding steroid dienone is 1. The van der Waals surface area contributed by atoms with E-state index in [9.17, 15) is 0 Å². The van der Waals surface area contributed by atoms with E-state index in [4.69, 9.17) is 10.4 Å². The highest BCUT2D eigenvalue weighted by Gasteiger charge is 1.67. The summed E-state index contributed by atoms with van der Waals surface area (Å²) in [6.45, 7) is 7.25. The minimum atomic E-state index is 0.122. The lowest BCUT2D eigenvalue weighted by Crippen LogP contribution is -1.91. The molecule has 0 aliphatic carbocycles. The van der Waals surface area contributed by atoms with Gasteiger partial charge >= 0.3 is 0 Å². The van der Waals surface area contributed by atoms with Gasteiger partial charge in [-0.25, -0.2) is 0 Å². The lowest BCUT2D eigenvalue weighted by molar-refractivity contribution is 0.135. The van der Waals surface area contributed by atoms with E-state index in [0.29, 0.717) is 6.61 Å². The maximum Gasteiger partial charge on any atom is 0.0693 e. The van der Waals surface area contributed by atoms with Crippen molar-refractivity contribution in [2.24, 2.45) is 0 Å². The molecule has 0 saturated heterocycles. The summed E-state index contributed by atoms with van der Waals surface area (Å²) in [6, 6.07) is 1.75. The third-order valence-corrected chi connectivity index (χ3v) is 0.295. The Morgan fingerprint density at radius 2 is 2.00 bits per heavy atom. The van der Waals surface area contributed by atoms with Crippen LogP contribution in [0.2, 0.25) is 0 Å². The number of nitrogens with zero attached hydrogens (tertiary/aromatic N) is 1. The summed E-state index contributed by atoms with van der Waals surface area (Å²) in [6.07, 6.45) is 1.75. The predicted molar refractivity (Wildman–Crippen MR) is 46.1 cm³/mol. The number of nitriles is 1. The van der Waals surface area contributed by atoms with Crippen LogP contribution in [0.3, 0.4) is 0 Å². The Balaban J connectivity index is -0.0000000933. The van der Waals surface area contributed by atoms with Gasteiger partial charge in [0.1, 0.15) is 0 Å². The second kappa shape index (κ2) is 35.3. The molecule has 0 spiro atoms. The van der Waals surface area contributed by atoms with E-state index >= 15 is 0 Å². The van der Waals surface area contributed by atoms with Crippen LogP contribution < -0.4 is 0 Å². The zero-order chi connectivity index (χ0) is 9.54. The monoisotopic (exact) mass is 159 g/mol. The predicted octanol–water partition coefficient (Wildman–Crippen LogP) is 1.35. The lowest BCUT2D eigenvalue weighted by atomic mass is 10.8. The fourth-order valence-corrected chi connectivity index (χ4v) is 0.0913. The van der Waals surface area contributed by atoms with Gasteiger partial charge in [-0.1, -0.05) is 6.08 Å². The van der Waals surface area contributed by atoms with Crippen molar-refractivity contribution in [3.63, 3.8) is 0 Å². The van der Waals surface area contributed by atoms with Crippen molar-refractivity contribution in [2.75, 3.05) is 20.3 Å². The van der Waals surface area contributed by atoms with Crippen LogP contribution in [0, 0.1) is 11.3 Å². The van der Waals surface area contributed by atoms with E-state index < -0.39 is 0 Å². The Kier molecular flexibility index (Phi) is 53.3. The maximum atomic E-state index is 7.94. The average Bonchev–Trinajstić information content (AvgIpc) is 1.92. The molecule has 3 nitrogen and oxygen atoms in total. The highest BCUT2D eigenvalue weighted by molar-refractivity contribution is 4.51. The molecule has 0 saturated carbocycles. The van der Waals surface area contributed by atoms with Gasteiger partial charge in [0.25, 0.3) is 0 Å². The summed E-state index contributed by atoms with van der Waals surface area (Å²) in [4.78, 5) is 0. The molecule has 0 amide bonds. The first kappa shape index (κ1) is 16.6. The van der Waals surface area contributed by atoms with Crippen molar-refractivity contribution >= 4 is 0 Å². The van der Waals surface area contributed by atoms with Crippen LogP contribution in [0.15, 0.2) is 12.7 Å². The molecule has 0 aliphatic rings. The van der Waals surface area contributed by atoms with Crippen LogP contribution in [-0.2, 0) is 4.74 Å². The molecule has 1 N–H and O–H groups in total. The van der Waals surface area contributed by atoms with Crippen molar-refractivity contribution in [3.8, 4) is 6.07 Å². The van der Waals surface area contributed by atoms with Gasteiger partial charge in [0.15, 0.2) is 0 Å². The second-order valence-electron chi connectivity index (χ2n) is 1.35. The molecule has 0 bridgehead atoms. The Bertz CT molecular complexity index is 84.6. The van der Waals surface area contributed by atoms with E-state index in [1.807, 2.05) is 6.92 Å². The number of hydrogen-bond acceptors (Lipinski definition) is 3. The molecule has 0 aromatic carbocycles. The van der Waals surface area contributed by atoms with Crippen molar-refractivity contribution < 1.29 is 9.84 Å². The Morgan fingerprint density at radius 1 is 1.73 bits per heavy atom. The third-order valence-electron chi connectivity index (χ3n) is 0.295. The summed E-state index contributed by atoms with van der Waals surface area (Å²) < 4.78 is 4.44. The van der Waals surface area contributed by atoms with E-state index in [1.165, 1.54) is 6.92 Å². The first-order valence-corrected chi connectivity index (χ1v) is 3.22. The van der Waals surface area contributed by atoms with Gasteiger partial charge < -0.3 is 9.84 Å². The van der Waals surface area contributed by atoms with Crippen molar-refractivity contribution in [1.82, 2.24) is 0 Å². The van der Waals surface area contributed by atoms with Crippen LogP contribution in [0.1, 0.15) is 13.8 Å². The first-order valence-electron chi connectivity index (χ1n) is 3.22. The van der Waals surface area contributed by atoms with Gasteiger partial charge in [-0.3, -0.25) is 0 Å². The fourth-order valence-electron chi connectivity index (χ4n) is 0.0913. The Morgan fingerprint density at radius 3 is 2.00 bits per heavy atom. The van der Waals surface area contributed by atoms with Gasteiger partial charge in [-0.15, -0.1) is 6.58 Å². The standard InChI is InChI=1S/C3H8O2.C3H6.C2H3N/c1-5-3-2-4;1-3-2;1-2-3/h4H,2-3H2,1H3;3H,1H2,2H3;1H3. The molecular weight excluding hydrogens is 142 g/mol.